The molecule has 0 N–H and O–H groups in total. The van der Waals surface area contributed by atoms with Crippen molar-refractivity contribution in [3.05, 3.63) is 11.7 Å². The first-order valence-electron chi connectivity index (χ1n) is 7.54. The lowest BCUT2D eigenvalue weighted by Gasteiger charge is -2.17. The van der Waals surface area contributed by atoms with E-state index < -0.39 is 5.92 Å². The Bertz CT molecular complexity index is 443. The van der Waals surface area contributed by atoms with Crippen molar-refractivity contribution in [3.8, 4) is 0 Å². The molecule has 1 rings (SSSR count). The molecular weight excluding hydrogens is 272 g/mol. The minimum absolute atomic E-state index is 0.0157. The van der Waals surface area contributed by atoms with Crippen LogP contribution in [-0.4, -0.2) is 29.3 Å². The Morgan fingerprint density at radius 1 is 1.14 bits per heavy atom. The highest BCUT2D eigenvalue weighted by Crippen LogP contribution is 2.28. The highest BCUT2D eigenvalue weighted by molar-refractivity contribution is 5.77. The number of nitrogens with zero attached hydrogens (tertiary/aromatic N) is 2. The summed E-state index contributed by atoms with van der Waals surface area (Å²) in [6.07, 6.45) is -0.234. The molecule has 0 aliphatic carbocycles. The normalized spacial score (nSPS) is 14.5. The van der Waals surface area contributed by atoms with Gasteiger partial charge in [-0.1, -0.05) is 32.9 Å². The standard InChI is InChI=1S/C15H26N2O4/c1-7-19-12(10(5)6)13-16-14(21-17-13)11(9(3)4)15(18)20-8-2/h9-12H,7-8H2,1-6H3. The molecule has 0 spiro atoms. The molecule has 0 amide bonds. The predicted molar refractivity (Wildman–Crippen MR) is 77.7 cm³/mol. The summed E-state index contributed by atoms with van der Waals surface area (Å²) in [5, 5.41) is 3.98. The third kappa shape index (κ3) is 4.52. The SMILES string of the molecule is CCOC(=O)C(c1nc(C(OCC)C(C)C)no1)C(C)C. The summed E-state index contributed by atoms with van der Waals surface area (Å²) in [5.74, 6) is 0.138. The van der Waals surface area contributed by atoms with Gasteiger partial charge in [-0.3, -0.25) is 4.79 Å². The monoisotopic (exact) mass is 298 g/mol. The smallest absolute Gasteiger partial charge is 0.318 e. The molecule has 6 heteroatoms. The molecule has 21 heavy (non-hydrogen) atoms. The van der Waals surface area contributed by atoms with Crippen LogP contribution in [0.25, 0.3) is 0 Å². The van der Waals surface area contributed by atoms with E-state index in [4.69, 9.17) is 14.0 Å². The van der Waals surface area contributed by atoms with E-state index in [9.17, 15) is 4.79 Å². The average molecular weight is 298 g/mol. The Hall–Kier alpha value is -1.43. The lowest BCUT2D eigenvalue weighted by molar-refractivity contribution is -0.146. The van der Waals surface area contributed by atoms with E-state index in [1.807, 2.05) is 34.6 Å². The summed E-state index contributed by atoms with van der Waals surface area (Å²) in [5.41, 5.74) is 0. The maximum absolute atomic E-state index is 12.0. The number of aromatic nitrogens is 2. The largest absolute Gasteiger partial charge is 0.465 e. The molecule has 0 aliphatic rings. The maximum Gasteiger partial charge on any atom is 0.318 e. The van der Waals surface area contributed by atoms with Crippen molar-refractivity contribution < 1.29 is 18.8 Å². The highest BCUT2D eigenvalue weighted by atomic mass is 16.5. The molecule has 1 heterocycles. The Kier molecular flexibility index (Phi) is 6.81. The van der Waals surface area contributed by atoms with Gasteiger partial charge >= 0.3 is 5.97 Å². The molecule has 2 unspecified atom stereocenters. The summed E-state index contributed by atoms with van der Waals surface area (Å²) in [6.45, 7) is 12.5. The number of carbonyl (C=O) groups excluding carboxylic acids is 1. The summed E-state index contributed by atoms with van der Waals surface area (Å²) >= 11 is 0. The van der Waals surface area contributed by atoms with Crippen LogP contribution in [0, 0.1) is 11.8 Å². The molecule has 120 valence electrons. The Morgan fingerprint density at radius 2 is 1.81 bits per heavy atom. The van der Waals surface area contributed by atoms with Crippen LogP contribution >= 0.6 is 0 Å². The topological polar surface area (TPSA) is 74.5 Å². The van der Waals surface area contributed by atoms with Gasteiger partial charge in [0.25, 0.3) is 0 Å². The van der Waals surface area contributed by atoms with Crippen LogP contribution in [0.5, 0.6) is 0 Å². The fraction of sp³-hybridized carbons (Fsp3) is 0.800. The van der Waals surface area contributed by atoms with Crippen molar-refractivity contribution in [1.29, 1.82) is 0 Å². The number of rotatable bonds is 8. The Morgan fingerprint density at radius 3 is 2.29 bits per heavy atom. The summed E-state index contributed by atoms with van der Waals surface area (Å²) in [7, 11) is 0. The number of hydrogen-bond acceptors (Lipinski definition) is 6. The van der Waals surface area contributed by atoms with E-state index in [1.165, 1.54) is 0 Å². The lowest BCUT2D eigenvalue weighted by Crippen LogP contribution is -2.21. The molecule has 0 radical (unpaired) electrons. The number of hydrogen-bond donors (Lipinski definition) is 0. The van der Waals surface area contributed by atoms with E-state index in [1.54, 1.807) is 6.92 Å². The molecule has 1 aromatic rings. The van der Waals surface area contributed by atoms with Crippen molar-refractivity contribution in [1.82, 2.24) is 10.1 Å². The predicted octanol–water partition coefficient (Wildman–Crippen LogP) is 3.11. The first-order valence-corrected chi connectivity index (χ1v) is 7.54. The van der Waals surface area contributed by atoms with Crippen LogP contribution in [0.15, 0.2) is 4.52 Å². The van der Waals surface area contributed by atoms with Crippen molar-refractivity contribution in [2.75, 3.05) is 13.2 Å². The molecular formula is C15H26N2O4. The summed E-state index contributed by atoms with van der Waals surface area (Å²) in [4.78, 5) is 16.4. The maximum atomic E-state index is 12.0. The van der Waals surface area contributed by atoms with Crippen LogP contribution in [0.1, 0.15) is 65.3 Å². The van der Waals surface area contributed by atoms with Crippen LogP contribution in [-0.2, 0) is 14.3 Å². The first kappa shape index (κ1) is 17.6. The molecule has 6 nitrogen and oxygen atoms in total. The molecule has 0 aromatic carbocycles. The van der Waals surface area contributed by atoms with Gasteiger partial charge < -0.3 is 14.0 Å². The fourth-order valence-corrected chi connectivity index (χ4v) is 2.12. The molecule has 1 aromatic heterocycles. The zero-order chi connectivity index (χ0) is 16.0. The van der Waals surface area contributed by atoms with E-state index in [2.05, 4.69) is 10.1 Å². The molecule has 0 saturated carbocycles. The number of esters is 1. The van der Waals surface area contributed by atoms with Gasteiger partial charge in [-0.2, -0.15) is 4.98 Å². The van der Waals surface area contributed by atoms with Crippen molar-refractivity contribution in [2.24, 2.45) is 11.8 Å². The van der Waals surface area contributed by atoms with Crippen LogP contribution < -0.4 is 0 Å². The lowest BCUT2D eigenvalue weighted by atomic mass is 9.96. The van der Waals surface area contributed by atoms with Gasteiger partial charge in [-0.25, -0.2) is 0 Å². The van der Waals surface area contributed by atoms with Gasteiger partial charge in [0, 0.05) is 6.61 Å². The minimum Gasteiger partial charge on any atom is -0.465 e. The second-order valence-electron chi connectivity index (χ2n) is 5.58. The number of carbonyl (C=O) groups is 1. The van der Waals surface area contributed by atoms with Crippen molar-refractivity contribution in [3.63, 3.8) is 0 Å². The number of ether oxygens (including phenoxy) is 2. The third-order valence-electron chi connectivity index (χ3n) is 3.14. The van der Waals surface area contributed by atoms with Gasteiger partial charge in [-0.05, 0) is 25.7 Å². The van der Waals surface area contributed by atoms with E-state index in [0.29, 0.717) is 24.9 Å². The van der Waals surface area contributed by atoms with Gasteiger partial charge in [0.2, 0.25) is 11.7 Å². The molecule has 0 saturated heterocycles. The van der Waals surface area contributed by atoms with Gasteiger partial charge in [0.1, 0.15) is 12.0 Å². The van der Waals surface area contributed by atoms with Crippen LogP contribution in [0.2, 0.25) is 0 Å². The molecule has 2 atom stereocenters. The first-order chi connectivity index (χ1) is 9.92. The van der Waals surface area contributed by atoms with Gasteiger partial charge in [0.05, 0.1) is 6.61 Å². The average Bonchev–Trinajstić information content (AvgIpc) is 2.84. The second-order valence-corrected chi connectivity index (χ2v) is 5.58. The van der Waals surface area contributed by atoms with Crippen LogP contribution in [0.4, 0.5) is 0 Å². The van der Waals surface area contributed by atoms with Gasteiger partial charge in [0.15, 0.2) is 0 Å². The van der Waals surface area contributed by atoms with E-state index in [-0.39, 0.29) is 23.9 Å². The van der Waals surface area contributed by atoms with Crippen molar-refractivity contribution in [2.45, 2.75) is 53.6 Å². The molecule has 0 aliphatic heterocycles. The Balaban J connectivity index is 3.00. The zero-order valence-electron chi connectivity index (χ0n) is 13.8. The van der Waals surface area contributed by atoms with Crippen LogP contribution in [0.3, 0.4) is 0 Å². The molecule has 0 fully saturated rings. The van der Waals surface area contributed by atoms with E-state index >= 15 is 0 Å². The third-order valence-corrected chi connectivity index (χ3v) is 3.14. The fourth-order valence-electron chi connectivity index (χ4n) is 2.12. The van der Waals surface area contributed by atoms with Crippen molar-refractivity contribution >= 4 is 5.97 Å². The zero-order valence-corrected chi connectivity index (χ0v) is 13.8. The minimum atomic E-state index is -0.541. The second kappa shape index (κ2) is 8.12. The highest BCUT2D eigenvalue weighted by Gasteiger charge is 2.33. The molecule has 0 bridgehead atoms. The van der Waals surface area contributed by atoms with Gasteiger partial charge in [-0.15, -0.1) is 0 Å². The summed E-state index contributed by atoms with van der Waals surface area (Å²) in [6, 6.07) is 0. The van der Waals surface area contributed by atoms with E-state index in [0.717, 1.165) is 0 Å². The Labute approximate surface area is 126 Å². The quantitative estimate of drug-likeness (QED) is 0.686. The summed E-state index contributed by atoms with van der Waals surface area (Å²) < 4.78 is 16.0.